The second-order valence-corrected chi connectivity index (χ2v) is 10.6. The van der Waals surface area contributed by atoms with Crippen molar-refractivity contribution in [1.29, 1.82) is 0 Å². The second-order valence-electron chi connectivity index (χ2n) is 10.6. The second kappa shape index (κ2) is 10.5. The van der Waals surface area contributed by atoms with Crippen LogP contribution in [0.5, 0.6) is 11.5 Å². The number of imidazole rings is 1. The molecular weight excluding hydrogens is 635 g/mol. The molecule has 9 rings (SSSR count). The van der Waals surface area contributed by atoms with Gasteiger partial charge in [0.25, 0.3) is 0 Å². The van der Waals surface area contributed by atoms with Gasteiger partial charge in [-0.25, -0.2) is 0 Å². The van der Waals surface area contributed by atoms with Crippen LogP contribution in [0.25, 0.3) is 66.1 Å². The number of ether oxygens (including phenoxy) is 1. The van der Waals surface area contributed by atoms with E-state index in [0.29, 0.717) is 11.5 Å². The maximum atomic E-state index is 6.29. The average Bonchev–Trinajstić information content (AvgIpc) is 3.69. The fourth-order valence-corrected chi connectivity index (χ4v) is 6.19. The van der Waals surface area contributed by atoms with Crippen molar-refractivity contribution in [2.24, 2.45) is 0 Å². The average molecular weight is 657 g/mol. The van der Waals surface area contributed by atoms with Crippen LogP contribution in [0.3, 0.4) is 0 Å². The molecule has 5 aromatic carbocycles. The fourth-order valence-electron chi connectivity index (χ4n) is 6.19. The normalized spacial score (nSPS) is 11.5. The summed E-state index contributed by atoms with van der Waals surface area (Å²) in [6, 6.07) is 46.4. The Balaban J connectivity index is 0.00000289. The SMILES string of the molecule is [Pd+2].[c-]1c(Oc2[c-]c3c(cc2)c2cc4c5ccccc5n(-c5ccccc5)c4cc2n2ccnc32)cccc1-c1ccccn1. The summed E-state index contributed by atoms with van der Waals surface area (Å²) in [5.74, 6) is 1.21. The molecule has 6 heteroatoms. The Kier molecular flexibility index (Phi) is 6.27. The summed E-state index contributed by atoms with van der Waals surface area (Å²) in [4.78, 5) is 9.20. The van der Waals surface area contributed by atoms with Gasteiger partial charge in [0, 0.05) is 52.1 Å². The summed E-state index contributed by atoms with van der Waals surface area (Å²) in [5.41, 5.74) is 7.11. The van der Waals surface area contributed by atoms with E-state index in [4.69, 9.17) is 9.72 Å². The summed E-state index contributed by atoms with van der Waals surface area (Å²) in [6.45, 7) is 0. The summed E-state index contributed by atoms with van der Waals surface area (Å²) in [7, 11) is 0. The standard InChI is InChI=1S/C38H22N4O.Pd/c1-2-10-26(11-3-1)42-35-15-5-4-13-30(35)32-23-31-29-17-16-28(22-33(29)38-40-19-20-41(38)36(31)24-37(32)42)43-27-12-8-9-25(21-27)34-14-6-7-18-39-34;/h1-20,23-24H;/q-2;+2. The zero-order chi connectivity index (χ0) is 28.3. The monoisotopic (exact) mass is 656 g/mol. The molecule has 0 N–H and O–H groups in total. The maximum Gasteiger partial charge on any atom is 2.00 e. The van der Waals surface area contributed by atoms with Gasteiger partial charge in [0.2, 0.25) is 0 Å². The maximum absolute atomic E-state index is 6.29. The molecule has 4 aromatic heterocycles. The van der Waals surface area contributed by atoms with Crippen LogP contribution in [0.1, 0.15) is 0 Å². The largest absolute Gasteiger partial charge is 2.00 e. The third-order valence-corrected chi connectivity index (χ3v) is 8.07. The molecule has 0 spiro atoms. The van der Waals surface area contributed by atoms with E-state index in [-0.39, 0.29) is 20.4 Å². The van der Waals surface area contributed by atoms with Crippen LogP contribution in [0, 0.1) is 12.1 Å². The minimum Gasteiger partial charge on any atom is -0.497 e. The Bertz CT molecular complexity index is 2480. The van der Waals surface area contributed by atoms with Crippen LogP contribution in [-0.2, 0) is 20.4 Å². The van der Waals surface area contributed by atoms with Gasteiger partial charge >= 0.3 is 20.4 Å². The predicted molar refractivity (Wildman–Crippen MR) is 172 cm³/mol. The summed E-state index contributed by atoms with van der Waals surface area (Å²) in [5, 5.41) is 5.53. The van der Waals surface area contributed by atoms with Gasteiger partial charge in [-0.1, -0.05) is 83.6 Å². The van der Waals surface area contributed by atoms with E-state index >= 15 is 0 Å². The summed E-state index contributed by atoms with van der Waals surface area (Å²) < 4.78 is 10.8. The van der Waals surface area contributed by atoms with Crippen molar-refractivity contribution in [3.8, 4) is 28.4 Å². The zero-order valence-corrected chi connectivity index (χ0v) is 24.8. The smallest absolute Gasteiger partial charge is 0.497 e. The van der Waals surface area contributed by atoms with E-state index in [1.54, 1.807) is 6.20 Å². The number of benzene rings is 5. The van der Waals surface area contributed by atoms with Gasteiger partial charge in [-0.15, -0.1) is 29.8 Å². The summed E-state index contributed by atoms with van der Waals surface area (Å²) >= 11 is 0. The van der Waals surface area contributed by atoms with Gasteiger partial charge in [-0.05, 0) is 41.4 Å². The minimum atomic E-state index is 0. The van der Waals surface area contributed by atoms with E-state index in [1.807, 2.05) is 54.9 Å². The molecule has 0 aliphatic carbocycles. The van der Waals surface area contributed by atoms with Crippen molar-refractivity contribution < 1.29 is 25.2 Å². The van der Waals surface area contributed by atoms with Crippen molar-refractivity contribution in [2.75, 3.05) is 0 Å². The molecule has 4 heterocycles. The molecule has 210 valence electrons. The van der Waals surface area contributed by atoms with Gasteiger partial charge in [0.1, 0.15) is 0 Å². The third-order valence-electron chi connectivity index (χ3n) is 8.07. The Hall–Kier alpha value is -5.28. The van der Waals surface area contributed by atoms with Crippen molar-refractivity contribution in [2.45, 2.75) is 0 Å². The van der Waals surface area contributed by atoms with Gasteiger partial charge in [0.15, 0.2) is 0 Å². The molecule has 0 saturated carbocycles. The Morgan fingerprint density at radius 3 is 2.27 bits per heavy atom. The zero-order valence-electron chi connectivity index (χ0n) is 23.2. The van der Waals surface area contributed by atoms with Crippen molar-refractivity contribution in [3.63, 3.8) is 0 Å². The van der Waals surface area contributed by atoms with Crippen molar-refractivity contribution in [1.82, 2.24) is 18.9 Å². The van der Waals surface area contributed by atoms with Crippen LogP contribution in [0.2, 0.25) is 0 Å². The van der Waals surface area contributed by atoms with Crippen LogP contribution in [-0.4, -0.2) is 18.9 Å². The van der Waals surface area contributed by atoms with Gasteiger partial charge in [0.05, 0.1) is 16.7 Å². The molecule has 5 nitrogen and oxygen atoms in total. The molecule has 0 amide bonds. The first-order valence-electron chi connectivity index (χ1n) is 14.2. The molecular formula is C38H22N4OPd. The number of rotatable bonds is 4. The molecule has 0 aliphatic rings. The van der Waals surface area contributed by atoms with E-state index in [2.05, 4.69) is 98.9 Å². The molecule has 44 heavy (non-hydrogen) atoms. The van der Waals surface area contributed by atoms with Crippen molar-refractivity contribution in [3.05, 3.63) is 146 Å². The first-order valence-corrected chi connectivity index (χ1v) is 14.2. The molecule has 0 atom stereocenters. The van der Waals surface area contributed by atoms with E-state index in [1.165, 1.54) is 16.3 Å². The molecule has 9 aromatic rings. The van der Waals surface area contributed by atoms with Crippen LogP contribution in [0.15, 0.2) is 134 Å². The van der Waals surface area contributed by atoms with Gasteiger partial charge in [-0.3, -0.25) is 4.98 Å². The number of nitrogens with zero attached hydrogens (tertiary/aromatic N) is 4. The molecule has 0 unspecified atom stereocenters. The van der Waals surface area contributed by atoms with E-state index < -0.39 is 0 Å². The Morgan fingerprint density at radius 1 is 0.568 bits per heavy atom. The van der Waals surface area contributed by atoms with Gasteiger partial charge in [-0.2, -0.15) is 0 Å². The topological polar surface area (TPSA) is 44.4 Å². The molecule has 0 fully saturated rings. The number of pyridine rings is 2. The Labute approximate surface area is 266 Å². The molecule has 0 saturated heterocycles. The number of fused-ring (bicyclic) bond motifs is 9. The number of para-hydroxylation sites is 2. The Morgan fingerprint density at radius 2 is 1.39 bits per heavy atom. The number of hydrogen-bond acceptors (Lipinski definition) is 3. The van der Waals surface area contributed by atoms with Gasteiger partial charge < -0.3 is 18.7 Å². The summed E-state index contributed by atoms with van der Waals surface area (Å²) in [6.07, 6.45) is 5.64. The quantitative estimate of drug-likeness (QED) is 0.108. The predicted octanol–water partition coefficient (Wildman–Crippen LogP) is 9.19. The van der Waals surface area contributed by atoms with E-state index in [9.17, 15) is 0 Å². The fraction of sp³-hybridized carbons (Fsp3) is 0. The molecule has 0 bridgehead atoms. The first kappa shape index (κ1) is 26.4. The number of aromatic nitrogens is 4. The molecule has 0 aliphatic heterocycles. The third kappa shape index (κ3) is 4.11. The first-order chi connectivity index (χ1) is 21.3. The minimum absolute atomic E-state index is 0. The number of hydrogen-bond donors (Lipinski definition) is 0. The van der Waals surface area contributed by atoms with Crippen molar-refractivity contribution >= 4 is 49.1 Å². The van der Waals surface area contributed by atoms with Crippen LogP contribution < -0.4 is 4.74 Å². The molecule has 0 radical (unpaired) electrons. The van der Waals surface area contributed by atoms with Crippen LogP contribution >= 0.6 is 0 Å². The van der Waals surface area contributed by atoms with Crippen LogP contribution in [0.4, 0.5) is 0 Å². The van der Waals surface area contributed by atoms with E-state index in [0.717, 1.165) is 49.8 Å².